The van der Waals surface area contributed by atoms with Crippen LogP contribution >= 0.6 is 0 Å². The second-order valence-corrected chi connectivity index (χ2v) is 5.25. The van der Waals surface area contributed by atoms with Crippen molar-refractivity contribution >= 4 is 0 Å². The van der Waals surface area contributed by atoms with Gasteiger partial charge in [-0.25, -0.2) is 9.67 Å². The quantitative estimate of drug-likeness (QED) is 0.829. The van der Waals surface area contributed by atoms with Gasteiger partial charge in [0.2, 0.25) is 0 Å². The number of nitrogens with zero attached hydrogens (tertiary/aromatic N) is 3. The van der Waals surface area contributed by atoms with Crippen LogP contribution in [0.25, 0.3) is 11.4 Å². The van der Waals surface area contributed by atoms with Gasteiger partial charge in [0.1, 0.15) is 5.82 Å². The number of hydrogen-bond acceptors (Lipinski definition) is 3. The maximum absolute atomic E-state index is 6.07. The van der Waals surface area contributed by atoms with Gasteiger partial charge in [-0.05, 0) is 12.8 Å². The normalized spacial score (nSPS) is 22.8. The number of rotatable bonds is 1. The fourth-order valence-electron chi connectivity index (χ4n) is 2.32. The summed E-state index contributed by atoms with van der Waals surface area (Å²) in [5.74, 6) is 2.35. The molecule has 1 aliphatic rings. The van der Waals surface area contributed by atoms with Crippen LogP contribution in [0.15, 0.2) is 24.3 Å². The molecule has 1 aliphatic heterocycles. The molecule has 2 unspecified atom stereocenters. The lowest BCUT2D eigenvalue weighted by Crippen LogP contribution is -2.39. The summed E-state index contributed by atoms with van der Waals surface area (Å²) in [6.45, 7) is 5.03. The predicted octanol–water partition coefficient (Wildman–Crippen LogP) is 1.77. The van der Waals surface area contributed by atoms with Gasteiger partial charge in [-0.15, -0.1) is 0 Å². The lowest BCUT2D eigenvalue weighted by molar-refractivity contribution is 0.330. The summed E-state index contributed by atoms with van der Waals surface area (Å²) >= 11 is 0. The SMILES string of the molecule is Cc1ccc(-c2nc3n(n2)CC(N)C(C)C3)cc1. The van der Waals surface area contributed by atoms with E-state index in [9.17, 15) is 0 Å². The molecular formula is C14H18N4. The van der Waals surface area contributed by atoms with E-state index in [0.29, 0.717) is 5.92 Å². The van der Waals surface area contributed by atoms with Crippen LogP contribution in [-0.2, 0) is 13.0 Å². The Kier molecular flexibility index (Phi) is 2.67. The molecule has 2 heterocycles. The maximum atomic E-state index is 6.07. The second kappa shape index (κ2) is 4.21. The van der Waals surface area contributed by atoms with Crippen molar-refractivity contribution in [3.8, 4) is 11.4 Å². The summed E-state index contributed by atoms with van der Waals surface area (Å²) in [6.07, 6.45) is 0.917. The van der Waals surface area contributed by atoms with E-state index in [1.807, 2.05) is 4.68 Å². The zero-order valence-electron chi connectivity index (χ0n) is 10.8. The molecule has 2 aromatic rings. The average molecular weight is 242 g/mol. The first kappa shape index (κ1) is 11.4. The Hall–Kier alpha value is -1.68. The number of benzene rings is 1. The standard InChI is InChI=1S/C14H18N4/c1-9-3-5-11(6-4-9)14-16-13-7-10(2)12(15)8-18(13)17-14/h3-6,10,12H,7-8,15H2,1-2H3. The minimum Gasteiger partial charge on any atom is -0.326 e. The van der Waals surface area contributed by atoms with Crippen LogP contribution in [0, 0.1) is 12.8 Å². The zero-order chi connectivity index (χ0) is 12.7. The molecule has 0 spiro atoms. The smallest absolute Gasteiger partial charge is 0.181 e. The average Bonchev–Trinajstić information content (AvgIpc) is 2.73. The lowest BCUT2D eigenvalue weighted by atomic mass is 9.96. The first-order valence-corrected chi connectivity index (χ1v) is 6.40. The Balaban J connectivity index is 1.96. The zero-order valence-corrected chi connectivity index (χ0v) is 10.8. The van der Waals surface area contributed by atoms with Crippen LogP contribution in [0.1, 0.15) is 18.3 Å². The molecule has 0 saturated carbocycles. The Morgan fingerprint density at radius 2 is 2.00 bits per heavy atom. The maximum Gasteiger partial charge on any atom is 0.181 e. The highest BCUT2D eigenvalue weighted by atomic mass is 15.4. The Labute approximate surface area is 107 Å². The van der Waals surface area contributed by atoms with E-state index in [0.717, 1.165) is 30.2 Å². The molecule has 2 atom stereocenters. The Morgan fingerprint density at radius 3 is 2.72 bits per heavy atom. The largest absolute Gasteiger partial charge is 0.326 e. The van der Waals surface area contributed by atoms with Crippen molar-refractivity contribution in [3.05, 3.63) is 35.7 Å². The highest BCUT2D eigenvalue weighted by Crippen LogP contribution is 2.22. The van der Waals surface area contributed by atoms with Crippen molar-refractivity contribution in [1.82, 2.24) is 14.8 Å². The van der Waals surface area contributed by atoms with E-state index in [1.165, 1.54) is 5.56 Å². The van der Waals surface area contributed by atoms with Crippen LogP contribution in [0.5, 0.6) is 0 Å². The van der Waals surface area contributed by atoms with Gasteiger partial charge in [0.05, 0.1) is 6.54 Å². The van der Waals surface area contributed by atoms with Crippen molar-refractivity contribution in [2.75, 3.05) is 0 Å². The molecular weight excluding hydrogens is 224 g/mol. The summed E-state index contributed by atoms with van der Waals surface area (Å²) in [5, 5.41) is 4.56. The third-order valence-corrected chi connectivity index (χ3v) is 3.68. The molecule has 18 heavy (non-hydrogen) atoms. The highest BCUT2D eigenvalue weighted by Gasteiger charge is 2.25. The van der Waals surface area contributed by atoms with E-state index >= 15 is 0 Å². The van der Waals surface area contributed by atoms with E-state index in [-0.39, 0.29) is 6.04 Å². The van der Waals surface area contributed by atoms with Gasteiger partial charge in [0.25, 0.3) is 0 Å². The summed E-state index contributed by atoms with van der Waals surface area (Å²) in [6, 6.07) is 8.50. The van der Waals surface area contributed by atoms with E-state index < -0.39 is 0 Å². The third kappa shape index (κ3) is 1.93. The molecule has 4 heteroatoms. The predicted molar refractivity (Wildman–Crippen MR) is 71.0 cm³/mol. The van der Waals surface area contributed by atoms with Gasteiger partial charge in [0.15, 0.2) is 5.82 Å². The molecule has 0 saturated heterocycles. The first-order valence-electron chi connectivity index (χ1n) is 6.40. The third-order valence-electron chi connectivity index (χ3n) is 3.68. The fraction of sp³-hybridized carbons (Fsp3) is 0.429. The first-order chi connectivity index (χ1) is 8.63. The second-order valence-electron chi connectivity index (χ2n) is 5.25. The molecule has 0 fully saturated rings. The van der Waals surface area contributed by atoms with Crippen LogP contribution in [-0.4, -0.2) is 20.8 Å². The van der Waals surface area contributed by atoms with Gasteiger partial charge < -0.3 is 5.73 Å². The molecule has 0 amide bonds. The van der Waals surface area contributed by atoms with Crippen molar-refractivity contribution in [1.29, 1.82) is 0 Å². The molecule has 3 rings (SSSR count). The number of nitrogens with two attached hydrogens (primary N) is 1. The minimum absolute atomic E-state index is 0.185. The molecule has 0 radical (unpaired) electrons. The van der Waals surface area contributed by atoms with Crippen molar-refractivity contribution in [2.24, 2.45) is 11.7 Å². The molecule has 0 aliphatic carbocycles. The molecule has 94 valence electrons. The number of aromatic nitrogens is 3. The van der Waals surface area contributed by atoms with Gasteiger partial charge in [-0.2, -0.15) is 5.10 Å². The minimum atomic E-state index is 0.185. The van der Waals surface area contributed by atoms with Crippen molar-refractivity contribution in [2.45, 2.75) is 32.9 Å². The monoisotopic (exact) mass is 242 g/mol. The van der Waals surface area contributed by atoms with Gasteiger partial charge in [0, 0.05) is 18.0 Å². The van der Waals surface area contributed by atoms with Crippen molar-refractivity contribution in [3.63, 3.8) is 0 Å². The molecule has 1 aromatic heterocycles. The lowest BCUT2D eigenvalue weighted by Gasteiger charge is -2.25. The van der Waals surface area contributed by atoms with Gasteiger partial charge in [-0.1, -0.05) is 36.8 Å². The summed E-state index contributed by atoms with van der Waals surface area (Å²) in [5.41, 5.74) is 8.39. The van der Waals surface area contributed by atoms with E-state index in [2.05, 4.69) is 48.2 Å². The van der Waals surface area contributed by atoms with Crippen LogP contribution in [0.3, 0.4) is 0 Å². The van der Waals surface area contributed by atoms with Crippen LogP contribution in [0.4, 0.5) is 0 Å². The van der Waals surface area contributed by atoms with Gasteiger partial charge >= 0.3 is 0 Å². The summed E-state index contributed by atoms with van der Waals surface area (Å²) in [7, 11) is 0. The number of hydrogen-bond donors (Lipinski definition) is 1. The van der Waals surface area contributed by atoms with Crippen LogP contribution in [0.2, 0.25) is 0 Å². The number of fused-ring (bicyclic) bond motifs is 1. The summed E-state index contributed by atoms with van der Waals surface area (Å²) in [4.78, 5) is 4.63. The highest BCUT2D eigenvalue weighted by molar-refractivity contribution is 5.55. The molecule has 2 N–H and O–H groups in total. The Bertz CT molecular complexity index is 528. The molecule has 1 aromatic carbocycles. The van der Waals surface area contributed by atoms with E-state index in [1.54, 1.807) is 0 Å². The number of aryl methyl sites for hydroxylation is 1. The molecule has 0 bridgehead atoms. The summed E-state index contributed by atoms with van der Waals surface area (Å²) < 4.78 is 1.96. The van der Waals surface area contributed by atoms with Crippen molar-refractivity contribution < 1.29 is 0 Å². The van der Waals surface area contributed by atoms with E-state index in [4.69, 9.17) is 5.73 Å². The fourth-order valence-corrected chi connectivity index (χ4v) is 2.32. The molecule has 4 nitrogen and oxygen atoms in total. The Morgan fingerprint density at radius 1 is 1.28 bits per heavy atom. The van der Waals surface area contributed by atoms with Gasteiger partial charge in [-0.3, -0.25) is 0 Å². The topological polar surface area (TPSA) is 56.7 Å². The van der Waals surface area contributed by atoms with Crippen LogP contribution < -0.4 is 5.73 Å².